The first-order valence-corrected chi connectivity index (χ1v) is 8.56. The number of hydrogen-bond donors (Lipinski definition) is 2. The average Bonchev–Trinajstić information content (AvgIpc) is 2.57. The topological polar surface area (TPSA) is 59.6 Å². The third-order valence-electron chi connectivity index (χ3n) is 3.54. The van der Waals surface area contributed by atoms with Gasteiger partial charge in [-0.2, -0.15) is 8.78 Å². The van der Waals surface area contributed by atoms with Crippen LogP contribution < -0.4 is 20.1 Å². The molecule has 0 aliphatic carbocycles. The molecule has 2 N–H and O–H groups in total. The quantitative estimate of drug-likeness (QED) is 0.664. The van der Waals surface area contributed by atoms with Crippen LogP contribution in [0.5, 0.6) is 11.5 Å². The zero-order valence-electron chi connectivity index (χ0n) is 14.5. The predicted molar refractivity (Wildman–Crippen MR) is 100 cm³/mol. The SMILES string of the molecule is COc1ccc(NC(C)C(=O)Nc2ccc(C)cc2Br)cc1OC(F)F. The molecule has 8 heteroatoms. The van der Waals surface area contributed by atoms with Gasteiger partial charge in [0.1, 0.15) is 6.04 Å². The summed E-state index contributed by atoms with van der Waals surface area (Å²) < 4.78 is 35.2. The Bertz CT molecular complexity index is 787. The first-order chi connectivity index (χ1) is 12.3. The molecule has 140 valence electrons. The van der Waals surface area contributed by atoms with E-state index in [2.05, 4.69) is 31.3 Å². The first-order valence-electron chi connectivity index (χ1n) is 7.76. The van der Waals surface area contributed by atoms with Crippen molar-refractivity contribution < 1.29 is 23.0 Å². The number of rotatable bonds is 7. The molecule has 0 heterocycles. The standard InChI is InChI=1S/C18H19BrF2N2O3/c1-10-4-6-14(13(19)8-10)23-17(24)11(2)22-12-5-7-15(25-3)16(9-12)26-18(20)21/h4-9,11,18,22H,1-3H3,(H,23,24). The molecule has 26 heavy (non-hydrogen) atoms. The fourth-order valence-corrected chi connectivity index (χ4v) is 2.82. The van der Waals surface area contributed by atoms with Gasteiger partial charge in [-0.1, -0.05) is 6.07 Å². The van der Waals surface area contributed by atoms with Crippen LogP contribution in [-0.4, -0.2) is 25.7 Å². The number of amides is 1. The van der Waals surface area contributed by atoms with Crippen molar-refractivity contribution >= 4 is 33.2 Å². The third-order valence-corrected chi connectivity index (χ3v) is 4.19. The maximum Gasteiger partial charge on any atom is 0.387 e. The highest BCUT2D eigenvalue weighted by Gasteiger charge is 2.16. The zero-order chi connectivity index (χ0) is 19.3. The Hall–Kier alpha value is -2.35. The molecular formula is C18H19BrF2N2O3. The Labute approximate surface area is 158 Å². The maximum atomic E-state index is 12.5. The summed E-state index contributed by atoms with van der Waals surface area (Å²) in [6.45, 7) is 0.636. The highest BCUT2D eigenvalue weighted by atomic mass is 79.9. The number of benzene rings is 2. The Balaban J connectivity index is 2.08. The molecule has 0 aromatic heterocycles. The fourth-order valence-electron chi connectivity index (χ4n) is 2.23. The molecule has 0 spiro atoms. The van der Waals surface area contributed by atoms with Crippen LogP contribution in [0.25, 0.3) is 0 Å². The first kappa shape index (κ1) is 20.0. The molecule has 1 unspecified atom stereocenters. The van der Waals surface area contributed by atoms with Gasteiger partial charge in [-0.3, -0.25) is 4.79 Å². The van der Waals surface area contributed by atoms with E-state index in [4.69, 9.17) is 4.74 Å². The number of hydrogen-bond acceptors (Lipinski definition) is 4. The van der Waals surface area contributed by atoms with Crippen molar-refractivity contribution in [3.63, 3.8) is 0 Å². The lowest BCUT2D eigenvalue weighted by Crippen LogP contribution is -2.32. The van der Waals surface area contributed by atoms with Crippen LogP contribution in [-0.2, 0) is 4.79 Å². The van der Waals surface area contributed by atoms with Gasteiger partial charge >= 0.3 is 6.61 Å². The Morgan fingerprint density at radius 2 is 1.88 bits per heavy atom. The predicted octanol–water partition coefficient (Wildman–Crippen LogP) is 4.81. The van der Waals surface area contributed by atoms with Crippen molar-refractivity contribution in [1.82, 2.24) is 0 Å². The molecule has 0 bridgehead atoms. The minimum atomic E-state index is -2.97. The Morgan fingerprint density at radius 1 is 1.15 bits per heavy atom. The summed E-state index contributed by atoms with van der Waals surface area (Å²) in [5.41, 5.74) is 2.16. The lowest BCUT2D eigenvalue weighted by Gasteiger charge is -2.17. The van der Waals surface area contributed by atoms with Crippen molar-refractivity contribution in [2.24, 2.45) is 0 Å². The molecule has 0 radical (unpaired) electrons. The summed E-state index contributed by atoms with van der Waals surface area (Å²) in [4.78, 5) is 12.4. The molecular weight excluding hydrogens is 410 g/mol. The van der Waals surface area contributed by atoms with Crippen LogP contribution in [0.3, 0.4) is 0 Å². The summed E-state index contributed by atoms with van der Waals surface area (Å²) >= 11 is 3.40. The number of carbonyl (C=O) groups excluding carboxylic acids is 1. The number of carbonyl (C=O) groups is 1. The molecule has 0 saturated carbocycles. The van der Waals surface area contributed by atoms with E-state index in [0.717, 1.165) is 10.0 Å². The van der Waals surface area contributed by atoms with Crippen LogP contribution in [0.15, 0.2) is 40.9 Å². The van der Waals surface area contributed by atoms with E-state index in [0.29, 0.717) is 11.4 Å². The van der Waals surface area contributed by atoms with Gasteiger partial charge in [-0.15, -0.1) is 0 Å². The molecule has 0 fully saturated rings. The smallest absolute Gasteiger partial charge is 0.387 e. The summed E-state index contributed by atoms with van der Waals surface area (Å²) in [5, 5.41) is 5.75. The normalized spacial score (nSPS) is 11.8. The number of nitrogens with one attached hydrogen (secondary N) is 2. The van der Waals surface area contributed by atoms with Gasteiger partial charge in [0.25, 0.3) is 0 Å². The van der Waals surface area contributed by atoms with Crippen molar-refractivity contribution in [1.29, 1.82) is 0 Å². The highest BCUT2D eigenvalue weighted by Crippen LogP contribution is 2.32. The van der Waals surface area contributed by atoms with E-state index in [-0.39, 0.29) is 17.4 Å². The van der Waals surface area contributed by atoms with Crippen molar-refractivity contribution in [2.75, 3.05) is 17.7 Å². The molecule has 0 aliphatic heterocycles. The summed E-state index contributed by atoms with van der Waals surface area (Å²) in [5.74, 6) is -0.209. The second-order valence-corrected chi connectivity index (χ2v) is 6.44. The number of alkyl halides is 2. The molecule has 1 atom stereocenters. The van der Waals surface area contributed by atoms with Crippen LogP contribution >= 0.6 is 15.9 Å². The molecule has 5 nitrogen and oxygen atoms in total. The number of halogens is 3. The fraction of sp³-hybridized carbons (Fsp3) is 0.278. The molecule has 2 aromatic carbocycles. The largest absolute Gasteiger partial charge is 0.493 e. The summed E-state index contributed by atoms with van der Waals surface area (Å²) in [6, 6.07) is 9.42. The van der Waals surface area contributed by atoms with E-state index < -0.39 is 12.7 Å². The van der Waals surface area contributed by atoms with Gasteiger partial charge < -0.3 is 20.1 Å². The van der Waals surface area contributed by atoms with Crippen LogP contribution in [0, 0.1) is 6.92 Å². The van der Waals surface area contributed by atoms with E-state index in [9.17, 15) is 13.6 Å². The summed E-state index contributed by atoms with van der Waals surface area (Å²) in [6.07, 6.45) is 0. The van der Waals surface area contributed by atoms with Gasteiger partial charge in [0.2, 0.25) is 5.91 Å². The Morgan fingerprint density at radius 3 is 2.50 bits per heavy atom. The Kier molecular flexibility index (Phi) is 6.79. The number of ether oxygens (including phenoxy) is 2. The second-order valence-electron chi connectivity index (χ2n) is 5.58. The van der Waals surface area contributed by atoms with Crippen LogP contribution in [0.1, 0.15) is 12.5 Å². The zero-order valence-corrected chi connectivity index (χ0v) is 16.1. The molecule has 0 aliphatic rings. The monoisotopic (exact) mass is 428 g/mol. The van der Waals surface area contributed by atoms with E-state index in [1.165, 1.54) is 19.2 Å². The number of methoxy groups -OCH3 is 1. The van der Waals surface area contributed by atoms with E-state index in [1.807, 2.05) is 19.1 Å². The van der Waals surface area contributed by atoms with Crippen molar-refractivity contribution in [2.45, 2.75) is 26.5 Å². The van der Waals surface area contributed by atoms with Gasteiger partial charge in [0, 0.05) is 16.2 Å². The van der Waals surface area contributed by atoms with Gasteiger partial charge in [-0.05, 0) is 59.6 Å². The molecule has 1 amide bonds. The van der Waals surface area contributed by atoms with E-state index in [1.54, 1.807) is 19.1 Å². The summed E-state index contributed by atoms with van der Waals surface area (Å²) in [7, 11) is 1.36. The van der Waals surface area contributed by atoms with Crippen LogP contribution in [0.4, 0.5) is 20.2 Å². The third kappa shape index (κ3) is 5.32. The van der Waals surface area contributed by atoms with Crippen molar-refractivity contribution in [3.05, 3.63) is 46.4 Å². The average molecular weight is 429 g/mol. The van der Waals surface area contributed by atoms with Crippen molar-refractivity contribution in [3.8, 4) is 11.5 Å². The van der Waals surface area contributed by atoms with Gasteiger partial charge in [0.15, 0.2) is 11.5 Å². The highest BCUT2D eigenvalue weighted by molar-refractivity contribution is 9.10. The molecule has 2 rings (SSSR count). The second kappa shape index (κ2) is 8.84. The van der Waals surface area contributed by atoms with Crippen LogP contribution in [0.2, 0.25) is 0 Å². The van der Waals surface area contributed by atoms with Gasteiger partial charge in [-0.25, -0.2) is 0 Å². The molecule has 2 aromatic rings. The van der Waals surface area contributed by atoms with E-state index >= 15 is 0 Å². The minimum absolute atomic E-state index is 0.110. The lowest BCUT2D eigenvalue weighted by atomic mass is 10.2. The maximum absolute atomic E-state index is 12.5. The van der Waals surface area contributed by atoms with Gasteiger partial charge in [0.05, 0.1) is 12.8 Å². The lowest BCUT2D eigenvalue weighted by molar-refractivity contribution is -0.116. The molecule has 0 saturated heterocycles. The number of aryl methyl sites for hydroxylation is 1. The minimum Gasteiger partial charge on any atom is -0.493 e. The number of anilines is 2.